The van der Waals surface area contributed by atoms with Crippen LogP contribution in [0.15, 0.2) is 169 Å². The van der Waals surface area contributed by atoms with Gasteiger partial charge in [0, 0.05) is 39.1 Å². The van der Waals surface area contributed by atoms with Gasteiger partial charge in [-0.15, -0.1) is 10.2 Å². The number of para-hydroxylation sites is 2. The molecule has 1 N–H and O–H groups in total. The maximum absolute atomic E-state index is 4.93. The summed E-state index contributed by atoms with van der Waals surface area (Å²) in [5, 5.41) is 21.1. The molecule has 9 rings (SSSR count). The summed E-state index contributed by atoms with van der Waals surface area (Å²) < 4.78 is 0. The number of aromatic nitrogens is 2. The van der Waals surface area contributed by atoms with Crippen molar-refractivity contribution >= 4 is 72.5 Å². The van der Waals surface area contributed by atoms with Gasteiger partial charge in [0.25, 0.3) is 0 Å². The maximum Gasteiger partial charge on any atom is 0.177 e. The summed E-state index contributed by atoms with van der Waals surface area (Å²) in [4.78, 5) is 4.39. The molecule has 2 heterocycles. The van der Waals surface area contributed by atoms with E-state index >= 15 is 0 Å². The average Bonchev–Trinajstić information content (AvgIpc) is 3.14. The first-order valence-electron chi connectivity index (χ1n) is 15.6. The molecular formula is C41H28N6. The molecule has 1 aliphatic heterocycles. The zero-order chi connectivity index (χ0) is 31.2. The first-order valence-corrected chi connectivity index (χ1v) is 15.6. The van der Waals surface area contributed by atoms with Crippen LogP contribution < -0.4 is 15.2 Å². The number of benzene rings is 7. The minimum Gasteiger partial charge on any atom is -0.293 e. The largest absolute Gasteiger partial charge is 0.293 e. The molecule has 0 aliphatic carbocycles. The fourth-order valence-corrected chi connectivity index (χ4v) is 6.53. The normalized spacial score (nSPS) is 12.1. The van der Waals surface area contributed by atoms with Crippen LogP contribution >= 0.6 is 0 Å². The van der Waals surface area contributed by atoms with E-state index in [2.05, 4.69) is 167 Å². The number of anilines is 6. The van der Waals surface area contributed by atoms with Crippen LogP contribution in [0.25, 0.3) is 32.3 Å². The number of hydrogen-bond donors (Lipinski definition) is 1. The van der Waals surface area contributed by atoms with Gasteiger partial charge in [-0.1, -0.05) is 115 Å². The number of hydrazone groups is 1. The molecule has 6 nitrogen and oxygen atoms in total. The zero-order valence-electron chi connectivity index (χ0n) is 25.3. The second kappa shape index (κ2) is 11.1. The zero-order valence-corrected chi connectivity index (χ0v) is 25.3. The molecule has 0 saturated carbocycles. The van der Waals surface area contributed by atoms with Gasteiger partial charge in [0.1, 0.15) is 0 Å². The van der Waals surface area contributed by atoms with Crippen LogP contribution in [0.5, 0.6) is 0 Å². The van der Waals surface area contributed by atoms with Crippen LogP contribution in [-0.2, 0) is 0 Å². The number of fused-ring (bicyclic) bond motifs is 2. The lowest BCUT2D eigenvalue weighted by Crippen LogP contribution is -2.30. The molecule has 0 spiro atoms. The Morgan fingerprint density at radius 2 is 0.979 bits per heavy atom. The third-order valence-electron chi connectivity index (χ3n) is 8.73. The molecule has 0 atom stereocenters. The highest BCUT2D eigenvalue weighted by molar-refractivity contribution is 6.24. The van der Waals surface area contributed by atoms with E-state index in [1.165, 1.54) is 10.8 Å². The highest BCUT2D eigenvalue weighted by Crippen LogP contribution is 2.42. The number of hydrogen-bond acceptors (Lipinski definition) is 6. The van der Waals surface area contributed by atoms with E-state index in [9.17, 15) is 0 Å². The minimum atomic E-state index is 0.626. The monoisotopic (exact) mass is 604 g/mol. The maximum atomic E-state index is 4.93. The number of amidine groups is 1. The molecule has 0 bridgehead atoms. The van der Waals surface area contributed by atoms with Gasteiger partial charge in [0.2, 0.25) is 0 Å². The summed E-state index contributed by atoms with van der Waals surface area (Å²) in [6.07, 6.45) is 0. The molecule has 6 heteroatoms. The molecule has 0 fully saturated rings. The first kappa shape index (κ1) is 26.8. The molecule has 0 saturated heterocycles. The Morgan fingerprint density at radius 3 is 1.62 bits per heavy atom. The minimum absolute atomic E-state index is 0.626. The van der Waals surface area contributed by atoms with Gasteiger partial charge in [-0.25, -0.2) is 0 Å². The van der Waals surface area contributed by atoms with Gasteiger partial charge in [0.15, 0.2) is 17.5 Å². The summed E-state index contributed by atoms with van der Waals surface area (Å²) >= 11 is 0. The molecule has 0 amide bonds. The van der Waals surface area contributed by atoms with Crippen LogP contribution in [-0.4, -0.2) is 16.0 Å². The third-order valence-corrected chi connectivity index (χ3v) is 8.73. The molecule has 0 radical (unpaired) electrons. The summed E-state index contributed by atoms with van der Waals surface area (Å²) in [5.41, 5.74) is 8.25. The smallest absolute Gasteiger partial charge is 0.177 e. The lowest BCUT2D eigenvalue weighted by atomic mass is 10.0. The van der Waals surface area contributed by atoms with Crippen molar-refractivity contribution in [2.24, 2.45) is 5.10 Å². The van der Waals surface area contributed by atoms with Gasteiger partial charge < -0.3 is 0 Å². The van der Waals surface area contributed by atoms with E-state index in [4.69, 9.17) is 15.3 Å². The molecule has 7 aromatic carbocycles. The average molecular weight is 605 g/mol. The fraction of sp³-hybridized carbons (Fsp3) is 0. The van der Waals surface area contributed by atoms with E-state index in [0.717, 1.165) is 61.5 Å². The highest BCUT2D eigenvalue weighted by Gasteiger charge is 2.28. The van der Waals surface area contributed by atoms with Crippen molar-refractivity contribution < 1.29 is 0 Å². The van der Waals surface area contributed by atoms with E-state index in [0.29, 0.717) is 5.82 Å². The van der Waals surface area contributed by atoms with Crippen molar-refractivity contribution in [3.8, 4) is 0 Å². The number of nitrogens with one attached hydrogen (secondary N) is 1. The molecular weight excluding hydrogens is 576 g/mol. The van der Waals surface area contributed by atoms with Gasteiger partial charge in [-0.3, -0.25) is 15.2 Å². The molecule has 47 heavy (non-hydrogen) atoms. The number of nitrogens with zero attached hydrogens (tertiary/aromatic N) is 5. The Morgan fingerprint density at radius 1 is 0.426 bits per heavy atom. The van der Waals surface area contributed by atoms with Gasteiger partial charge in [-0.05, 0) is 70.1 Å². The van der Waals surface area contributed by atoms with Gasteiger partial charge in [0.05, 0.1) is 0 Å². The quantitative estimate of drug-likeness (QED) is 0.212. The Bertz CT molecular complexity index is 2460. The van der Waals surface area contributed by atoms with Crippen molar-refractivity contribution in [1.82, 2.24) is 10.2 Å². The number of rotatable bonds is 5. The van der Waals surface area contributed by atoms with E-state index in [-0.39, 0.29) is 0 Å². The van der Waals surface area contributed by atoms with Gasteiger partial charge >= 0.3 is 0 Å². The lowest BCUT2D eigenvalue weighted by molar-refractivity contribution is 1.01. The lowest BCUT2D eigenvalue weighted by Gasteiger charge is -2.31. The molecule has 1 aromatic heterocycles. The van der Waals surface area contributed by atoms with E-state index in [1.807, 2.05) is 12.1 Å². The van der Waals surface area contributed by atoms with Crippen molar-refractivity contribution in [2.45, 2.75) is 0 Å². The molecule has 1 aliphatic rings. The Balaban J connectivity index is 1.25. The van der Waals surface area contributed by atoms with E-state index in [1.54, 1.807) is 0 Å². The van der Waals surface area contributed by atoms with Crippen LogP contribution in [0.1, 0.15) is 5.56 Å². The second-order valence-corrected chi connectivity index (χ2v) is 11.6. The van der Waals surface area contributed by atoms with Crippen LogP contribution in [0.3, 0.4) is 0 Å². The van der Waals surface area contributed by atoms with Crippen LogP contribution in [0.2, 0.25) is 0 Å². The fourth-order valence-electron chi connectivity index (χ4n) is 6.53. The van der Waals surface area contributed by atoms with Crippen molar-refractivity contribution in [2.75, 3.05) is 15.2 Å². The standard InChI is InChI=1S/C41H28N6/c1-3-16-32(17-4-1)46(34-24-22-28-12-7-9-14-30(28)26-34)40-36-20-11-21-37-38(36)39(42-44-40)43-45-41(37)47(33-18-5-2-6-19-33)35-25-23-29-13-8-10-15-31(29)27-35/h1-27H,(H,42,43). The highest BCUT2D eigenvalue weighted by atomic mass is 15.4. The molecule has 8 aromatic rings. The Labute approximate surface area is 271 Å². The molecule has 222 valence electrons. The Hall–Kier alpha value is -6.53. The summed E-state index contributed by atoms with van der Waals surface area (Å²) in [6, 6.07) is 56.9. The predicted molar refractivity (Wildman–Crippen MR) is 194 cm³/mol. The van der Waals surface area contributed by atoms with Gasteiger partial charge in [-0.2, -0.15) is 5.10 Å². The summed E-state index contributed by atoms with van der Waals surface area (Å²) in [7, 11) is 0. The Kier molecular flexibility index (Phi) is 6.35. The molecule has 0 unspecified atom stereocenters. The van der Waals surface area contributed by atoms with Crippen molar-refractivity contribution in [1.29, 1.82) is 0 Å². The van der Waals surface area contributed by atoms with E-state index < -0.39 is 0 Å². The SMILES string of the molecule is c1ccc(N(C2=NNc3nnc(N(c4ccccc4)c4ccc5ccccc5c4)c4cccc2c34)c2ccc3ccccc3c2)cc1. The van der Waals surface area contributed by atoms with Crippen LogP contribution in [0.4, 0.5) is 34.4 Å². The van der Waals surface area contributed by atoms with Crippen LogP contribution in [0, 0.1) is 0 Å². The van der Waals surface area contributed by atoms with Crippen molar-refractivity contribution in [3.63, 3.8) is 0 Å². The summed E-state index contributed by atoms with van der Waals surface area (Å²) in [6.45, 7) is 0. The topological polar surface area (TPSA) is 56.6 Å². The third kappa shape index (κ3) is 4.62. The first-order chi connectivity index (χ1) is 23.3. The van der Waals surface area contributed by atoms with Crippen molar-refractivity contribution in [3.05, 3.63) is 169 Å². The summed E-state index contributed by atoms with van der Waals surface area (Å²) in [5.74, 6) is 2.15. The predicted octanol–water partition coefficient (Wildman–Crippen LogP) is 10.3. The second-order valence-electron chi connectivity index (χ2n) is 11.6.